The average molecular weight is 701 g/mol. The van der Waals surface area contributed by atoms with Gasteiger partial charge >= 0.3 is 0 Å². The molecule has 8 bridgehead atoms. The van der Waals surface area contributed by atoms with Crippen molar-refractivity contribution < 1.29 is 0 Å². The molecule has 0 radical (unpaired) electrons. The Bertz CT molecular complexity index is 2610. The molecule has 55 heavy (non-hydrogen) atoms. The minimum absolute atomic E-state index is 0.492. The van der Waals surface area contributed by atoms with E-state index in [0.717, 1.165) is 12.8 Å². The number of hydrogen-bond donors (Lipinski definition) is 0. The molecule has 260 valence electrons. The van der Waals surface area contributed by atoms with Gasteiger partial charge in [-0.1, -0.05) is 144 Å². The van der Waals surface area contributed by atoms with Gasteiger partial charge in [-0.05, 0) is 176 Å². The van der Waals surface area contributed by atoms with Crippen LogP contribution in [0.1, 0.15) is 66.8 Å². The Labute approximate surface area is 323 Å². The number of fused-ring (bicyclic) bond motifs is 14. The lowest BCUT2D eigenvalue weighted by Crippen LogP contribution is -2.26. The van der Waals surface area contributed by atoms with E-state index in [1.807, 2.05) is 0 Å². The highest BCUT2D eigenvalue weighted by molar-refractivity contribution is 5.99. The molecule has 8 aromatic rings. The van der Waals surface area contributed by atoms with Crippen molar-refractivity contribution in [3.05, 3.63) is 212 Å². The molecular weight excluding hydrogens is 661 g/mol. The predicted molar refractivity (Wildman–Crippen MR) is 229 cm³/mol. The van der Waals surface area contributed by atoms with Gasteiger partial charge in [0.15, 0.2) is 0 Å². The molecular formula is C55H40. The van der Waals surface area contributed by atoms with E-state index in [-0.39, 0.29) is 0 Å². The van der Waals surface area contributed by atoms with E-state index in [0.29, 0.717) is 0 Å². The maximum absolute atomic E-state index is 2.57. The van der Waals surface area contributed by atoms with Crippen molar-refractivity contribution in [3.63, 3.8) is 0 Å². The first-order chi connectivity index (χ1) is 26.8. The van der Waals surface area contributed by atoms with Crippen molar-refractivity contribution in [3.8, 4) is 66.8 Å². The normalized spacial score (nSPS) is 14.2. The SMILES string of the molecule is Cc1ccc2c(c1)-c1ccc3c(c1)C14c5cc(ccc5-c5ccc(cc51)-c1cc(C)ccc1Cc1ccc(C)cc1-c1ccc-3c4c1)-c1cc(C)ccc1C2. The molecule has 8 aromatic carbocycles. The predicted octanol–water partition coefficient (Wildman–Crippen LogP) is 13.7. The molecule has 0 unspecified atom stereocenters. The highest BCUT2D eigenvalue weighted by atomic mass is 14.5. The largest absolute Gasteiger partial charge is 0.0726 e. The van der Waals surface area contributed by atoms with Crippen LogP contribution in [0.25, 0.3) is 66.8 Å². The van der Waals surface area contributed by atoms with Gasteiger partial charge < -0.3 is 0 Å². The first kappa shape index (κ1) is 31.1. The third-order valence-electron chi connectivity index (χ3n) is 13.3. The van der Waals surface area contributed by atoms with Crippen LogP contribution in [-0.4, -0.2) is 0 Å². The summed E-state index contributed by atoms with van der Waals surface area (Å²) < 4.78 is 0. The summed E-state index contributed by atoms with van der Waals surface area (Å²) in [6.45, 7) is 8.92. The van der Waals surface area contributed by atoms with Crippen LogP contribution in [0.4, 0.5) is 0 Å². The molecule has 12 rings (SSSR count). The lowest BCUT2D eigenvalue weighted by molar-refractivity contribution is 0.794. The summed E-state index contributed by atoms with van der Waals surface area (Å²) in [5.74, 6) is 0. The van der Waals surface area contributed by atoms with Gasteiger partial charge in [-0.3, -0.25) is 0 Å². The fourth-order valence-corrected chi connectivity index (χ4v) is 10.8. The van der Waals surface area contributed by atoms with Crippen LogP contribution in [0.2, 0.25) is 0 Å². The smallest absolute Gasteiger partial charge is 0.0590 e. The minimum Gasteiger partial charge on any atom is -0.0590 e. The molecule has 0 aliphatic heterocycles. The summed E-state index contributed by atoms with van der Waals surface area (Å²) in [6, 6.07) is 57.9. The Hall–Kier alpha value is -6.24. The molecule has 0 N–H and O–H groups in total. The summed E-state index contributed by atoms with van der Waals surface area (Å²) in [4.78, 5) is 0. The van der Waals surface area contributed by atoms with Crippen LogP contribution < -0.4 is 0 Å². The van der Waals surface area contributed by atoms with E-state index in [2.05, 4.69) is 173 Å². The minimum atomic E-state index is -0.492. The quantitative estimate of drug-likeness (QED) is 0.148. The second kappa shape index (κ2) is 10.9. The number of benzene rings is 8. The third kappa shape index (κ3) is 4.23. The van der Waals surface area contributed by atoms with Crippen molar-refractivity contribution >= 4 is 0 Å². The van der Waals surface area contributed by atoms with Gasteiger partial charge in [0.05, 0.1) is 5.41 Å². The Balaban J connectivity index is 1.29. The van der Waals surface area contributed by atoms with Crippen LogP contribution in [0.15, 0.2) is 146 Å². The highest BCUT2D eigenvalue weighted by Gasteiger charge is 2.52. The fraction of sp³-hybridized carbons (Fsp3) is 0.127. The van der Waals surface area contributed by atoms with Gasteiger partial charge in [-0.25, -0.2) is 0 Å². The Morgan fingerprint density at radius 3 is 0.782 bits per heavy atom. The second-order valence-corrected chi connectivity index (χ2v) is 16.8. The number of rotatable bonds is 0. The first-order valence-electron chi connectivity index (χ1n) is 19.8. The van der Waals surface area contributed by atoms with Gasteiger partial charge in [-0.15, -0.1) is 0 Å². The lowest BCUT2D eigenvalue weighted by Gasteiger charge is -2.32. The highest BCUT2D eigenvalue weighted by Crippen LogP contribution is 2.64. The topological polar surface area (TPSA) is 0 Å². The molecule has 0 saturated carbocycles. The van der Waals surface area contributed by atoms with Gasteiger partial charge in [0.1, 0.15) is 0 Å². The van der Waals surface area contributed by atoms with Crippen LogP contribution in [0.5, 0.6) is 0 Å². The fourth-order valence-electron chi connectivity index (χ4n) is 10.8. The Morgan fingerprint density at radius 2 is 0.527 bits per heavy atom. The molecule has 4 aliphatic rings. The van der Waals surface area contributed by atoms with Crippen molar-refractivity contribution in [2.45, 2.75) is 46.0 Å². The first-order valence-corrected chi connectivity index (χ1v) is 19.8. The summed E-state index contributed by atoms with van der Waals surface area (Å²) >= 11 is 0. The van der Waals surface area contributed by atoms with Gasteiger partial charge in [0.2, 0.25) is 0 Å². The molecule has 0 aromatic heterocycles. The Morgan fingerprint density at radius 1 is 0.273 bits per heavy atom. The van der Waals surface area contributed by atoms with E-state index in [1.165, 1.54) is 134 Å². The zero-order chi connectivity index (χ0) is 36.7. The van der Waals surface area contributed by atoms with Gasteiger partial charge in [-0.2, -0.15) is 0 Å². The summed E-state index contributed by atoms with van der Waals surface area (Å²) in [6.07, 6.45) is 1.77. The van der Waals surface area contributed by atoms with Crippen LogP contribution in [-0.2, 0) is 18.3 Å². The number of aryl methyl sites for hydroxylation is 4. The lowest BCUT2D eigenvalue weighted by atomic mass is 9.68. The zero-order valence-corrected chi connectivity index (χ0v) is 31.8. The standard InChI is InChI=1S/C55H40/c1-31-5-9-35-25-36-10-6-32(2)22-48(36)40-14-19-45-46-20-16-42-30-54(46)55(53(45)28-40)51-27-39(47(35)21-31)13-17-43(51)44-18-15-41(29-52(44)55)49-23-33(3)7-11-37(49)26-38-12-8-34(4)24-50(38)42/h5-24,27-30H,25-26H2,1-4H3. The molecule has 1 spiro atoms. The maximum atomic E-state index is 2.57. The molecule has 0 heteroatoms. The van der Waals surface area contributed by atoms with Crippen molar-refractivity contribution in [2.24, 2.45) is 0 Å². The summed E-state index contributed by atoms with van der Waals surface area (Å²) in [5, 5.41) is 0. The summed E-state index contributed by atoms with van der Waals surface area (Å²) in [7, 11) is 0. The van der Waals surface area contributed by atoms with Crippen LogP contribution in [0.3, 0.4) is 0 Å². The Kier molecular flexibility index (Phi) is 6.19. The average Bonchev–Trinajstić information content (AvgIpc) is 3.65. The van der Waals surface area contributed by atoms with Crippen molar-refractivity contribution in [2.75, 3.05) is 0 Å². The molecule has 0 fully saturated rings. The van der Waals surface area contributed by atoms with Gasteiger partial charge in [0, 0.05) is 0 Å². The van der Waals surface area contributed by atoms with E-state index >= 15 is 0 Å². The van der Waals surface area contributed by atoms with E-state index in [4.69, 9.17) is 0 Å². The number of hydrogen-bond acceptors (Lipinski definition) is 0. The third-order valence-corrected chi connectivity index (χ3v) is 13.3. The van der Waals surface area contributed by atoms with Crippen molar-refractivity contribution in [1.29, 1.82) is 0 Å². The van der Waals surface area contributed by atoms with Crippen LogP contribution >= 0.6 is 0 Å². The maximum Gasteiger partial charge on any atom is 0.0726 e. The monoisotopic (exact) mass is 700 g/mol. The van der Waals surface area contributed by atoms with Crippen molar-refractivity contribution in [1.82, 2.24) is 0 Å². The molecule has 0 heterocycles. The molecule has 0 atom stereocenters. The molecule has 0 nitrogen and oxygen atoms in total. The van der Waals surface area contributed by atoms with E-state index in [1.54, 1.807) is 0 Å². The van der Waals surface area contributed by atoms with E-state index < -0.39 is 5.41 Å². The second-order valence-electron chi connectivity index (χ2n) is 16.8. The summed E-state index contributed by atoms with van der Waals surface area (Å²) in [5.41, 5.74) is 31.6. The molecule has 4 aliphatic carbocycles. The molecule has 0 saturated heterocycles. The van der Waals surface area contributed by atoms with E-state index in [9.17, 15) is 0 Å². The molecule has 0 amide bonds. The van der Waals surface area contributed by atoms with Crippen LogP contribution in [0, 0.1) is 27.7 Å². The van der Waals surface area contributed by atoms with Gasteiger partial charge in [0.25, 0.3) is 0 Å². The zero-order valence-electron chi connectivity index (χ0n) is 31.8.